The Balaban J connectivity index is 2.31. The van der Waals surface area contributed by atoms with Crippen LogP contribution in [0.4, 0.5) is 0 Å². The molecule has 1 amide bonds. The van der Waals surface area contributed by atoms with Gasteiger partial charge in [-0.05, 0) is 18.4 Å². The Morgan fingerprint density at radius 3 is 3.11 bits per heavy atom. The van der Waals surface area contributed by atoms with Crippen LogP contribution in [0.1, 0.15) is 19.8 Å². The van der Waals surface area contributed by atoms with Gasteiger partial charge in [0.25, 0.3) is 0 Å². The van der Waals surface area contributed by atoms with Crippen molar-refractivity contribution >= 4 is 17.9 Å². The zero-order chi connectivity index (χ0) is 6.69. The second-order valence-corrected chi connectivity index (χ2v) is 3.09. The van der Waals surface area contributed by atoms with Crippen molar-refractivity contribution in [1.29, 1.82) is 0 Å². The molecule has 1 N–H and O–H groups in total. The van der Waals surface area contributed by atoms with Gasteiger partial charge in [0.15, 0.2) is 0 Å². The van der Waals surface area contributed by atoms with E-state index in [-0.39, 0.29) is 5.91 Å². The summed E-state index contributed by atoms with van der Waals surface area (Å²) >= 11 is 1.53. The fourth-order valence-corrected chi connectivity index (χ4v) is 1.85. The number of amides is 1. The van der Waals surface area contributed by atoms with Crippen LogP contribution >= 0.6 is 11.9 Å². The smallest absolute Gasteiger partial charge is 0.233 e. The van der Waals surface area contributed by atoms with Gasteiger partial charge in [0.05, 0.1) is 0 Å². The predicted octanol–water partition coefficient (Wildman–Crippen LogP) is 1.18. The molecule has 52 valence electrons. The van der Waals surface area contributed by atoms with E-state index in [2.05, 4.69) is 11.6 Å². The molecule has 0 bridgehead atoms. The van der Waals surface area contributed by atoms with Crippen molar-refractivity contribution < 1.29 is 4.79 Å². The Labute approximate surface area is 59.5 Å². The average molecular weight is 145 g/mol. The van der Waals surface area contributed by atoms with Crippen molar-refractivity contribution in [3.05, 3.63) is 0 Å². The lowest BCUT2D eigenvalue weighted by molar-refractivity contribution is -0.121. The summed E-state index contributed by atoms with van der Waals surface area (Å²) in [5, 5.41) is 0. The molecule has 0 saturated carbocycles. The maximum absolute atomic E-state index is 10.8. The van der Waals surface area contributed by atoms with Crippen LogP contribution in [0.3, 0.4) is 0 Å². The molecule has 0 aliphatic carbocycles. The summed E-state index contributed by atoms with van der Waals surface area (Å²) < 4.78 is 2.73. The Kier molecular flexibility index (Phi) is 2.39. The lowest BCUT2D eigenvalue weighted by Crippen LogP contribution is -2.16. The van der Waals surface area contributed by atoms with Gasteiger partial charge in [-0.2, -0.15) is 0 Å². The van der Waals surface area contributed by atoms with Crippen LogP contribution in [0.5, 0.6) is 0 Å². The fraction of sp³-hybridized carbons (Fsp3) is 0.833. The summed E-state index contributed by atoms with van der Waals surface area (Å²) in [7, 11) is 0. The zero-order valence-corrected chi connectivity index (χ0v) is 6.33. The minimum absolute atomic E-state index is 0.224. The summed E-state index contributed by atoms with van der Waals surface area (Å²) in [5.41, 5.74) is 0. The number of hydrogen-bond donors (Lipinski definition) is 1. The van der Waals surface area contributed by atoms with Gasteiger partial charge >= 0.3 is 0 Å². The summed E-state index contributed by atoms with van der Waals surface area (Å²) in [5.74, 6) is 1.48. The number of rotatable bonds is 2. The molecule has 3 heteroatoms. The third-order valence-electron chi connectivity index (χ3n) is 1.47. The van der Waals surface area contributed by atoms with E-state index < -0.39 is 0 Å². The maximum Gasteiger partial charge on any atom is 0.233 e. The van der Waals surface area contributed by atoms with Crippen molar-refractivity contribution in [3.8, 4) is 0 Å². The Morgan fingerprint density at radius 2 is 2.67 bits per heavy atom. The molecule has 1 aliphatic heterocycles. The molecular formula is C6H11NOS. The van der Waals surface area contributed by atoms with Gasteiger partial charge in [0.1, 0.15) is 0 Å². The van der Waals surface area contributed by atoms with Crippen LogP contribution in [0.25, 0.3) is 0 Å². The monoisotopic (exact) mass is 145 g/mol. The van der Waals surface area contributed by atoms with Gasteiger partial charge in [-0.25, -0.2) is 0 Å². The number of hydrogen-bond acceptors (Lipinski definition) is 2. The fourth-order valence-electron chi connectivity index (χ4n) is 0.935. The van der Waals surface area contributed by atoms with Crippen LogP contribution in [0.2, 0.25) is 0 Å². The highest BCUT2D eigenvalue weighted by Crippen LogP contribution is 2.18. The van der Waals surface area contributed by atoms with Gasteiger partial charge in [-0.3, -0.25) is 9.52 Å². The highest BCUT2D eigenvalue weighted by atomic mass is 32.2. The van der Waals surface area contributed by atoms with E-state index in [0.717, 1.165) is 18.6 Å². The van der Waals surface area contributed by atoms with Crippen LogP contribution in [0.15, 0.2) is 0 Å². The summed E-state index contributed by atoms with van der Waals surface area (Å²) in [6.45, 7) is 2.11. The molecule has 9 heavy (non-hydrogen) atoms. The van der Waals surface area contributed by atoms with Crippen LogP contribution in [-0.2, 0) is 4.79 Å². The Morgan fingerprint density at radius 1 is 1.89 bits per heavy atom. The van der Waals surface area contributed by atoms with Crippen molar-refractivity contribution in [2.75, 3.05) is 5.75 Å². The quantitative estimate of drug-likeness (QED) is 0.591. The minimum Gasteiger partial charge on any atom is -0.300 e. The van der Waals surface area contributed by atoms with Crippen molar-refractivity contribution in [2.45, 2.75) is 19.8 Å². The number of carbonyl (C=O) groups is 1. The first-order valence-electron chi connectivity index (χ1n) is 3.26. The van der Waals surface area contributed by atoms with Crippen molar-refractivity contribution in [1.82, 2.24) is 4.72 Å². The van der Waals surface area contributed by atoms with Crippen molar-refractivity contribution in [2.24, 2.45) is 5.92 Å². The minimum atomic E-state index is 0.224. The molecule has 0 spiro atoms. The SMILES string of the molecule is CCCC1CSNC1=O. The van der Waals surface area contributed by atoms with Crippen LogP contribution in [-0.4, -0.2) is 11.7 Å². The molecule has 1 atom stereocenters. The Hall–Kier alpha value is -0.180. The highest BCUT2D eigenvalue weighted by molar-refractivity contribution is 7.98. The largest absolute Gasteiger partial charge is 0.300 e. The number of carbonyl (C=O) groups excluding carboxylic acids is 1. The normalized spacial score (nSPS) is 26.3. The highest BCUT2D eigenvalue weighted by Gasteiger charge is 2.23. The first kappa shape index (κ1) is 6.93. The van der Waals surface area contributed by atoms with Crippen molar-refractivity contribution in [3.63, 3.8) is 0 Å². The summed E-state index contributed by atoms with van der Waals surface area (Å²) in [6.07, 6.45) is 2.15. The molecule has 1 heterocycles. The maximum atomic E-state index is 10.8. The predicted molar refractivity (Wildman–Crippen MR) is 39.0 cm³/mol. The van der Waals surface area contributed by atoms with Gasteiger partial charge < -0.3 is 0 Å². The van der Waals surface area contributed by atoms with E-state index >= 15 is 0 Å². The molecule has 1 saturated heterocycles. The molecule has 0 aromatic heterocycles. The standard InChI is InChI=1S/C6H11NOS/c1-2-3-5-4-9-7-6(5)8/h5H,2-4H2,1H3,(H,7,8). The molecular weight excluding hydrogens is 134 g/mol. The molecule has 0 radical (unpaired) electrons. The van der Waals surface area contributed by atoms with E-state index in [4.69, 9.17) is 0 Å². The molecule has 1 rings (SSSR count). The van der Waals surface area contributed by atoms with Crippen LogP contribution < -0.4 is 4.72 Å². The molecule has 1 aliphatic rings. The van der Waals surface area contributed by atoms with E-state index in [1.165, 1.54) is 11.9 Å². The molecule has 0 aromatic rings. The Bertz CT molecular complexity index is 116. The summed E-state index contributed by atoms with van der Waals surface area (Å²) in [6, 6.07) is 0. The second kappa shape index (κ2) is 3.11. The third kappa shape index (κ3) is 1.61. The second-order valence-electron chi connectivity index (χ2n) is 2.26. The van der Waals surface area contributed by atoms with E-state index in [0.29, 0.717) is 5.92 Å². The van der Waals surface area contributed by atoms with Gasteiger partial charge in [-0.1, -0.05) is 13.3 Å². The molecule has 2 nitrogen and oxygen atoms in total. The topological polar surface area (TPSA) is 29.1 Å². The lowest BCUT2D eigenvalue weighted by Gasteiger charge is -1.99. The molecule has 1 fully saturated rings. The van der Waals surface area contributed by atoms with E-state index in [9.17, 15) is 4.79 Å². The lowest BCUT2D eigenvalue weighted by atomic mass is 10.1. The molecule has 1 unspecified atom stereocenters. The van der Waals surface area contributed by atoms with Gasteiger partial charge in [0.2, 0.25) is 5.91 Å². The summed E-state index contributed by atoms with van der Waals surface area (Å²) in [4.78, 5) is 10.8. The average Bonchev–Trinajstić information content (AvgIpc) is 2.18. The van der Waals surface area contributed by atoms with Gasteiger partial charge in [-0.15, -0.1) is 0 Å². The number of nitrogens with one attached hydrogen (secondary N) is 1. The van der Waals surface area contributed by atoms with E-state index in [1.54, 1.807) is 0 Å². The third-order valence-corrected chi connectivity index (χ3v) is 2.38. The van der Waals surface area contributed by atoms with Gasteiger partial charge in [0, 0.05) is 11.7 Å². The first-order valence-corrected chi connectivity index (χ1v) is 4.24. The first-order chi connectivity index (χ1) is 4.34. The molecule has 0 aromatic carbocycles. The zero-order valence-electron chi connectivity index (χ0n) is 5.52. The van der Waals surface area contributed by atoms with Crippen LogP contribution in [0, 0.1) is 5.92 Å². The van der Waals surface area contributed by atoms with E-state index in [1.807, 2.05) is 0 Å².